The van der Waals surface area contributed by atoms with E-state index in [-0.39, 0.29) is 5.41 Å². The van der Waals surface area contributed by atoms with Crippen LogP contribution in [0.5, 0.6) is 0 Å². The van der Waals surface area contributed by atoms with E-state index in [1.807, 2.05) is 0 Å². The molecule has 0 spiro atoms. The molecular formula is C15H24O. The molecule has 2 atom stereocenters. The summed E-state index contributed by atoms with van der Waals surface area (Å²) >= 11 is 0. The minimum Gasteiger partial charge on any atom is -0.303 e. The van der Waals surface area contributed by atoms with E-state index in [1.54, 1.807) is 0 Å². The topological polar surface area (TPSA) is 17.1 Å². The van der Waals surface area contributed by atoms with Gasteiger partial charge in [0.05, 0.1) is 0 Å². The quantitative estimate of drug-likeness (QED) is 0.510. The lowest BCUT2D eigenvalue weighted by Crippen LogP contribution is -2.29. The molecule has 1 aliphatic rings. The second-order valence-corrected chi connectivity index (χ2v) is 5.56. The molecule has 0 aromatic carbocycles. The molecule has 0 heterocycles. The van der Waals surface area contributed by atoms with Gasteiger partial charge in [0.2, 0.25) is 0 Å². The highest BCUT2D eigenvalue weighted by Gasteiger charge is 2.32. The summed E-state index contributed by atoms with van der Waals surface area (Å²) in [4.78, 5) is 11.1. The van der Waals surface area contributed by atoms with Gasteiger partial charge in [-0.2, -0.15) is 0 Å². The number of hydrogen-bond acceptors (Lipinski definition) is 1. The molecule has 0 amide bonds. The number of carbonyl (C=O) groups is 1. The van der Waals surface area contributed by atoms with Crippen molar-refractivity contribution in [1.29, 1.82) is 0 Å². The average molecular weight is 220 g/mol. The van der Waals surface area contributed by atoms with E-state index in [2.05, 4.69) is 39.8 Å². The van der Waals surface area contributed by atoms with Gasteiger partial charge in [-0.15, -0.1) is 0 Å². The second kappa shape index (κ2) is 5.47. The zero-order valence-electron chi connectivity index (χ0n) is 11.0. The molecule has 0 radical (unpaired) electrons. The summed E-state index contributed by atoms with van der Waals surface area (Å²) in [6.45, 7) is 8.52. The summed E-state index contributed by atoms with van der Waals surface area (Å²) in [5, 5.41) is 0. The van der Waals surface area contributed by atoms with Crippen LogP contribution >= 0.6 is 0 Å². The third kappa shape index (κ3) is 3.33. The first-order valence-electron chi connectivity index (χ1n) is 6.27. The van der Waals surface area contributed by atoms with Crippen LogP contribution in [0.3, 0.4) is 0 Å². The standard InChI is InChI=1S/C15H24O/c1-12(2)6-5-7-14-8-9-15(4,11-16)13(3)10-14/h6,10-11,13H,5,7-9H2,1-4H3/t13-,15-/m1/s1. The Morgan fingerprint density at radius 2 is 2.25 bits per heavy atom. The van der Waals surface area contributed by atoms with Crippen molar-refractivity contribution in [2.45, 2.75) is 53.4 Å². The fourth-order valence-corrected chi connectivity index (χ4v) is 2.21. The summed E-state index contributed by atoms with van der Waals surface area (Å²) in [6, 6.07) is 0. The van der Waals surface area contributed by atoms with Crippen LogP contribution in [0.2, 0.25) is 0 Å². The average Bonchev–Trinajstić information content (AvgIpc) is 2.23. The molecule has 1 rings (SSSR count). The van der Waals surface area contributed by atoms with Gasteiger partial charge in [0.25, 0.3) is 0 Å². The number of carbonyl (C=O) groups excluding carboxylic acids is 1. The molecule has 90 valence electrons. The Bertz CT molecular complexity index is 307. The molecule has 0 aromatic rings. The molecule has 0 unspecified atom stereocenters. The first kappa shape index (κ1) is 13.2. The summed E-state index contributed by atoms with van der Waals surface area (Å²) < 4.78 is 0. The second-order valence-electron chi connectivity index (χ2n) is 5.56. The van der Waals surface area contributed by atoms with Crippen molar-refractivity contribution >= 4 is 6.29 Å². The van der Waals surface area contributed by atoms with E-state index in [0.717, 1.165) is 32.0 Å². The molecule has 0 fully saturated rings. The van der Waals surface area contributed by atoms with E-state index in [4.69, 9.17) is 0 Å². The smallest absolute Gasteiger partial charge is 0.126 e. The Kier molecular flexibility index (Phi) is 4.52. The van der Waals surface area contributed by atoms with Crippen molar-refractivity contribution in [2.24, 2.45) is 11.3 Å². The zero-order valence-corrected chi connectivity index (χ0v) is 11.0. The van der Waals surface area contributed by atoms with Gasteiger partial charge >= 0.3 is 0 Å². The molecule has 0 saturated heterocycles. The molecule has 1 nitrogen and oxygen atoms in total. The molecule has 0 aliphatic heterocycles. The predicted octanol–water partition coefficient (Wildman–Crippen LogP) is 4.29. The number of allylic oxidation sites excluding steroid dienone is 4. The third-order valence-electron chi connectivity index (χ3n) is 3.80. The Labute approximate surface area is 99.6 Å². The van der Waals surface area contributed by atoms with Crippen molar-refractivity contribution in [3.05, 3.63) is 23.3 Å². The monoisotopic (exact) mass is 220 g/mol. The van der Waals surface area contributed by atoms with Crippen molar-refractivity contribution in [1.82, 2.24) is 0 Å². The van der Waals surface area contributed by atoms with Crippen LogP contribution in [0.4, 0.5) is 0 Å². The molecule has 0 saturated carbocycles. The van der Waals surface area contributed by atoms with E-state index in [0.29, 0.717) is 5.92 Å². The summed E-state index contributed by atoms with van der Waals surface area (Å²) in [5.74, 6) is 0.389. The van der Waals surface area contributed by atoms with Crippen molar-refractivity contribution in [2.75, 3.05) is 0 Å². The number of hydrogen-bond donors (Lipinski definition) is 0. The largest absolute Gasteiger partial charge is 0.303 e. The minimum atomic E-state index is -0.125. The molecule has 1 aliphatic carbocycles. The van der Waals surface area contributed by atoms with Crippen LogP contribution in [0.1, 0.15) is 53.4 Å². The van der Waals surface area contributed by atoms with Gasteiger partial charge in [0.15, 0.2) is 0 Å². The minimum absolute atomic E-state index is 0.125. The molecule has 1 heteroatoms. The Morgan fingerprint density at radius 3 is 2.75 bits per heavy atom. The SMILES string of the molecule is CC(C)=CCCC1=C[C@@H](C)[C@@](C)(C=O)CC1. The molecule has 0 bridgehead atoms. The van der Waals surface area contributed by atoms with Gasteiger partial charge in [-0.3, -0.25) is 0 Å². The lowest BCUT2D eigenvalue weighted by molar-refractivity contribution is -0.117. The Morgan fingerprint density at radius 1 is 1.56 bits per heavy atom. The third-order valence-corrected chi connectivity index (χ3v) is 3.80. The van der Waals surface area contributed by atoms with Crippen molar-refractivity contribution in [3.8, 4) is 0 Å². The lowest BCUT2D eigenvalue weighted by atomic mass is 9.70. The van der Waals surface area contributed by atoms with Crippen LogP contribution in [0.25, 0.3) is 0 Å². The van der Waals surface area contributed by atoms with Gasteiger partial charge in [0, 0.05) is 5.41 Å². The highest BCUT2D eigenvalue weighted by atomic mass is 16.1. The Balaban J connectivity index is 2.56. The van der Waals surface area contributed by atoms with Crippen LogP contribution in [-0.2, 0) is 4.79 Å². The normalized spacial score (nSPS) is 29.5. The maximum Gasteiger partial charge on any atom is 0.126 e. The zero-order chi connectivity index (χ0) is 12.2. The summed E-state index contributed by atoms with van der Waals surface area (Å²) in [5.41, 5.74) is 2.80. The fourth-order valence-electron chi connectivity index (χ4n) is 2.21. The maximum absolute atomic E-state index is 11.1. The molecule has 16 heavy (non-hydrogen) atoms. The molecular weight excluding hydrogens is 196 g/mol. The van der Waals surface area contributed by atoms with E-state index in [1.165, 1.54) is 11.1 Å². The first-order valence-corrected chi connectivity index (χ1v) is 6.27. The van der Waals surface area contributed by atoms with Crippen LogP contribution < -0.4 is 0 Å². The molecule has 0 aromatic heterocycles. The predicted molar refractivity (Wildman–Crippen MR) is 69.3 cm³/mol. The highest BCUT2D eigenvalue weighted by molar-refractivity contribution is 5.60. The fraction of sp³-hybridized carbons (Fsp3) is 0.667. The van der Waals surface area contributed by atoms with E-state index >= 15 is 0 Å². The van der Waals surface area contributed by atoms with Crippen molar-refractivity contribution in [3.63, 3.8) is 0 Å². The first-order chi connectivity index (χ1) is 7.48. The van der Waals surface area contributed by atoms with Gasteiger partial charge in [-0.05, 0) is 45.4 Å². The van der Waals surface area contributed by atoms with E-state index in [9.17, 15) is 4.79 Å². The number of rotatable bonds is 4. The van der Waals surface area contributed by atoms with E-state index < -0.39 is 0 Å². The van der Waals surface area contributed by atoms with Gasteiger partial charge in [-0.25, -0.2) is 0 Å². The van der Waals surface area contributed by atoms with Gasteiger partial charge in [0.1, 0.15) is 6.29 Å². The maximum atomic E-state index is 11.1. The lowest BCUT2D eigenvalue weighted by Gasteiger charge is -2.33. The highest BCUT2D eigenvalue weighted by Crippen LogP contribution is 2.38. The van der Waals surface area contributed by atoms with Crippen LogP contribution in [-0.4, -0.2) is 6.29 Å². The summed E-state index contributed by atoms with van der Waals surface area (Å²) in [7, 11) is 0. The molecule has 0 N–H and O–H groups in total. The Hall–Kier alpha value is -0.850. The van der Waals surface area contributed by atoms with Gasteiger partial charge < -0.3 is 4.79 Å². The van der Waals surface area contributed by atoms with Crippen LogP contribution in [0, 0.1) is 11.3 Å². The van der Waals surface area contributed by atoms with Gasteiger partial charge in [-0.1, -0.05) is 37.1 Å². The summed E-state index contributed by atoms with van der Waals surface area (Å²) in [6.07, 6.45) is 10.1. The number of aldehydes is 1. The van der Waals surface area contributed by atoms with Crippen LogP contribution in [0.15, 0.2) is 23.3 Å². The van der Waals surface area contributed by atoms with Crippen molar-refractivity contribution < 1.29 is 4.79 Å².